The van der Waals surface area contributed by atoms with Crippen molar-refractivity contribution in [3.05, 3.63) is 35.9 Å². The van der Waals surface area contributed by atoms with Crippen LogP contribution in [0.1, 0.15) is 25.8 Å². The highest BCUT2D eigenvalue weighted by molar-refractivity contribution is 8.18. The number of hydrogen-bond donors (Lipinski definition) is 1. The van der Waals surface area contributed by atoms with Gasteiger partial charge in [0.25, 0.3) is 0 Å². The van der Waals surface area contributed by atoms with Gasteiger partial charge < -0.3 is 5.11 Å². The van der Waals surface area contributed by atoms with Crippen LogP contribution in [0.5, 0.6) is 0 Å². The van der Waals surface area contributed by atoms with E-state index in [1.807, 2.05) is 43.4 Å². The summed E-state index contributed by atoms with van der Waals surface area (Å²) in [4.78, 5) is 0. The molecule has 1 aliphatic rings. The van der Waals surface area contributed by atoms with Crippen LogP contribution in [0, 0.1) is 0 Å². The molecule has 0 bridgehead atoms. The second-order valence-electron chi connectivity index (χ2n) is 4.59. The fourth-order valence-corrected chi connectivity index (χ4v) is 5.54. The van der Waals surface area contributed by atoms with Crippen LogP contribution in [0.4, 0.5) is 0 Å². The van der Waals surface area contributed by atoms with Crippen molar-refractivity contribution in [2.45, 2.75) is 29.9 Å². The van der Waals surface area contributed by atoms with Crippen molar-refractivity contribution < 1.29 is 5.11 Å². The lowest BCUT2D eigenvalue weighted by atomic mass is 9.97. The Bertz CT molecular complexity index is 337. The highest BCUT2D eigenvalue weighted by atomic mass is 32.2. The summed E-state index contributed by atoms with van der Waals surface area (Å²) >= 11 is 3.77. The number of aliphatic hydroxyl groups is 1. The highest BCUT2D eigenvalue weighted by Crippen LogP contribution is 2.56. The fourth-order valence-electron chi connectivity index (χ4n) is 2.06. The normalized spacial score (nSPS) is 20.7. The number of hydrogen-bond acceptors (Lipinski definition) is 3. The van der Waals surface area contributed by atoms with Gasteiger partial charge in [-0.2, -0.15) is 0 Å². The average Bonchev–Trinajstić information content (AvgIpc) is 2.30. The predicted molar refractivity (Wildman–Crippen MR) is 74.0 cm³/mol. The molecule has 1 saturated heterocycles. The monoisotopic (exact) mass is 254 g/mol. The zero-order valence-electron chi connectivity index (χ0n) is 9.77. The van der Waals surface area contributed by atoms with Crippen molar-refractivity contribution in [2.24, 2.45) is 0 Å². The molecular formula is C13H18OS2. The summed E-state index contributed by atoms with van der Waals surface area (Å²) in [7, 11) is 0. The second kappa shape index (κ2) is 4.63. The second-order valence-corrected chi connectivity index (χ2v) is 7.47. The number of thioether (sulfide) groups is 2. The molecule has 0 atom stereocenters. The molecule has 1 nitrogen and oxygen atoms in total. The van der Waals surface area contributed by atoms with Crippen molar-refractivity contribution in [1.82, 2.24) is 0 Å². The van der Waals surface area contributed by atoms with Crippen molar-refractivity contribution in [1.29, 1.82) is 0 Å². The molecule has 1 fully saturated rings. The Hall–Kier alpha value is -0.120. The Balaban J connectivity index is 2.42. The Labute approximate surface area is 106 Å². The van der Waals surface area contributed by atoms with E-state index in [4.69, 9.17) is 0 Å². The van der Waals surface area contributed by atoms with Gasteiger partial charge >= 0.3 is 0 Å². The van der Waals surface area contributed by atoms with Gasteiger partial charge in [-0.15, -0.1) is 23.5 Å². The Morgan fingerprint density at radius 3 is 2.19 bits per heavy atom. The minimum atomic E-state index is -0.704. The molecule has 88 valence electrons. The van der Waals surface area contributed by atoms with Crippen LogP contribution >= 0.6 is 23.5 Å². The van der Waals surface area contributed by atoms with E-state index in [-0.39, 0.29) is 4.08 Å². The van der Waals surface area contributed by atoms with E-state index in [1.165, 1.54) is 12.0 Å². The Morgan fingerprint density at radius 2 is 1.69 bits per heavy atom. The average molecular weight is 254 g/mol. The molecule has 1 aromatic rings. The first-order valence-electron chi connectivity index (χ1n) is 5.62. The summed E-state index contributed by atoms with van der Waals surface area (Å²) in [5.41, 5.74) is 0.529. The van der Waals surface area contributed by atoms with E-state index in [1.54, 1.807) is 0 Å². The molecule has 0 amide bonds. The number of benzene rings is 1. The van der Waals surface area contributed by atoms with Crippen LogP contribution in [0.25, 0.3) is 0 Å². The van der Waals surface area contributed by atoms with E-state index >= 15 is 0 Å². The van der Waals surface area contributed by atoms with Crippen molar-refractivity contribution >= 4 is 23.5 Å². The van der Waals surface area contributed by atoms with Gasteiger partial charge in [0.2, 0.25) is 0 Å². The van der Waals surface area contributed by atoms with Gasteiger partial charge in [-0.3, -0.25) is 0 Å². The maximum atomic E-state index is 10.5. The van der Waals surface area contributed by atoms with Crippen LogP contribution < -0.4 is 0 Å². The van der Waals surface area contributed by atoms with Crippen molar-refractivity contribution in [3.63, 3.8) is 0 Å². The van der Waals surface area contributed by atoms with Crippen LogP contribution in [-0.4, -0.2) is 22.2 Å². The van der Waals surface area contributed by atoms with Crippen LogP contribution in [0.2, 0.25) is 0 Å². The maximum Gasteiger partial charge on any atom is 0.114 e. The minimum Gasteiger partial charge on any atom is -0.388 e. The zero-order chi connectivity index (χ0) is 11.6. The lowest BCUT2D eigenvalue weighted by molar-refractivity contribution is 0.0661. The van der Waals surface area contributed by atoms with E-state index < -0.39 is 5.60 Å². The summed E-state index contributed by atoms with van der Waals surface area (Å²) in [5, 5.41) is 10.5. The molecule has 1 aliphatic heterocycles. The smallest absolute Gasteiger partial charge is 0.114 e. The van der Waals surface area contributed by atoms with Gasteiger partial charge in [-0.1, -0.05) is 30.3 Å². The lowest BCUT2D eigenvalue weighted by Gasteiger charge is -2.45. The van der Waals surface area contributed by atoms with Gasteiger partial charge in [0.05, 0.1) is 5.60 Å². The van der Waals surface area contributed by atoms with Crippen molar-refractivity contribution in [3.8, 4) is 0 Å². The molecule has 2 rings (SSSR count). The molecule has 0 aromatic heterocycles. The molecule has 0 radical (unpaired) electrons. The first-order valence-corrected chi connectivity index (χ1v) is 7.59. The van der Waals surface area contributed by atoms with E-state index in [0.717, 1.165) is 11.5 Å². The maximum absolute atomic E-state index is 10.5. The third kappa shape index (κ3) is 2.13. The lowest BCUT2D eigenvalue weighted by Crippen LogP contribution is -2.44. The quantitative estimate of drug-likeness (QED) is 0.872. The van der Waals surface area contributed by atoms with Gasteiger partial charge in [0.15, 0.2) is 0 Å². The minimum absolute atomic E-state index is 0.202. The third-order valence-electron chi connectivity index (χ3n) is 2.86. The molecule has 1 N–H and O–H groups in total. The van der Waals surface area contributed by atoms with Crippen LogP contribution in [0.15, 0.2) is 30.3 Å². The Morgan fingerprint density at radius 1 is 1.12 bits per heavy atom. The molecule has 0 spiro atoms. The zero-order valence-corrected chi connectivity index (χ0v) is 11.4. The molecular weight excluding hydrogens is 236 g/mol. The van der Waals surface area contributed by atoms with Gasteiger partial charge in [-0.05, 0) is 37.3 Å². The standard InChI is InChI=1S/C13H18OS2/c1-12(2,14)13(15-9-6-10-16-13)11-7-4-3-5-8-11/h3-5,7-8,14H,6,9-10H2,1-2H3. The van der Waals surface area contributed by atoms with Gasteiger partial charge in [0.1, 0.15) is 4.08 Å². The van der Waals surface area contributed by atoms with E-state index in [9.17, 15) is 5.11 Å². The predicted octanol–water partition coefficient (Wildman–Crippen LogP) is 3.48. The largest absolute Gasteiger partial charge is 0.388 e. The molecule has 0 saturated carbocycles. The fraction of sp³-hybridized carbons (Fsp3) is 0.538. The number of rotatable bonds is 2. The molecule has 16 heavy (non-hydrogen) atoms. The summed E-state index contributed by atoms with van der Waals surface area (Å²) in [5.74, 6) is 2.26. The third-order valence-corrected chi connectivity index (χ3v) is 6.83. The van der Waals surface area contributed by atoms with Crippen molar-refractivity contribution in [2.75, 3.05) is 11.5 Å². The first-order chi connectivity index (χ1) is 7.56. The van der Waals surface area contributed by atoms with Gasteiger partial charge in [0, 0.05) is 0 Å². The summed E-state index contributed by atoms with van der Waals surface area (Å²) in [6.07, 6.45) is 1.24. The molecule has 3 heteroatoms. The molecule has 1 heterocycles. The highest BCUT2D eigenvalue weighted by Gasteiger charge is 2.47. The van der Waals surface area contributed by atoms with Crippen LogP contribution in [-0.2, 0) is 4.08 Å². The first kappa shape index (κ1) is 12.3. The Kier molecular flexibility index (Phi) is 3.57. The van der Waals surface area contributed by atoms with Crippen LogP contribution in [0.3, 0.4) is 0 Å². The SMILES string of the molecule is CC(C)(O)C1(c2ccccc2)SCCCS1. The molecule has 0 unspecified atom stereocenters. The summed E-state index contributed by atoms with van der Waals surface area (Å²) in [6.45, 7) is 3.84. The summed E-state index contributed by atoms with van der Waals surface area (Å²) < 4.78 is -0.202. The van der Waals surface area contributed by atoms with E-state index in [0.29, 0.717) is 0 Å². The summed E-state index contributed by atoms with van der Waals surface area (Å²) in [6, 6.07) is 10.4. The molecule has 1 aromatic carbocycles. The van der Waals surface area contributed by atoms with Gasteiger partial charge in [-0.25, -0.2) is 0 Å². The topological polar surface area (TPSA) is 20.2 Å². The van der Waals surface area contributed by atoms with E-state index in [2.05, 4.69) is 24.3 Å². The molecule has 0 aliphatic carbocycles.